The maximum absolute atomic E-state index is 12.0. The molecule has 0 spiro atoms. The molecule has 0 bridgehead atoms. The maximum Gasteiger partial charge on any atom is 0.274 e. The summed E-state index contributed by atoms with van der Waals surface area (Å²) in [5, 5.41) is 9.45. The van der Waals surface area contributed by atoms with Crippen molar-refractivity contribution in [3.8, 4) is 0 Å². The summed E-state index contributed by atoms with van der Waals surface area (Å²) in [5.74, 6) is 0.599. The maximum atomic E-state index is 12.0. The third-order valence-corrected chi connectivity index (χ3v) is 3.92. The number of furan rings is 1. The molecule has 3 N–H and O–H groups in total. The van der Waals surface area contributed by atoms with E-state index in [9.17, 15) is 8.42 Å². The second-order valence-corrected chi connectivity index (χ2v) is 6.03. The van der Waals surface area contributed by atoms with Crippen LogP contribution in [0.2, 0.25) is 0 Å². The third kappa shape index (κ3) is 3.92. The smallest absolute Gasteiger partial charge is 0.274 e. The van der Waals surface area contributed by atoms with Gasteiger partial charge >= 0.3 is 0 Å². The Morgan fingerprint density at radius 2 is 2.20 bits per heavy atom. The molecule has 20 heavy (non-hydrogen) atoms. The zero-order chi connectivity index (χ0) is 14.4. The normalized spacial score (nSPS) is 11.8. The number of aromatic nitrogens is 2. The van der Waals surface area contributed by atoms with Gasteiger partial charge in [-0.2, -0.15) is 5.10 Å². The highest BCUT2D eigenvalue weighted by Crippen LogP contribution is 2.14. The highest BCUT2D eigenvalue weighted by molar-refractivity contribution is 7.89. The van der Waals surface area contributed by atoms with Gasteiger partial charge in [-0.25, -0.2) is 13.1 Å². The van der Waals surface area contributed by atoms with E-state index in [0.717, 1.165) is 18.5 Å². The molecule has 2 heterocycles. The minimum absolute atomic E-state index is 0.0747. The van der Waals surface area contributed by atoms with Gasteiger partial charge in [0.05, 0.1) is 12.7 Å². The molecule has 110 valence electrons. The van der Waals surface area contributed by atoms with Gasteiger partial charge in [0, 0.05) is 18.3 Å². The molecule has 0 unspecified atom stereocenters. The molecule has 0 atom stereocenters. The van der Waals surface area contributed by atoms with Crippen LogP contribution in [0.3, 0.4) is 0 Å². The molecule has 0 radical (unpaired) electrons. The molecule has 0 saturated carbocycles. The minimum atomic E-state index is -3.63. The summed E-state index contributed by atoms with van der Waals surface area (Å²) in [4.78, 5) is 0. The summed E-state index contributed by atoms with van der Waals surface area (Å²) in [6.45, 7) is 3.61. The number of nitrogens with zero attached hydrogens (tertiary/aromatic N) is 1. The number of hydrogen-bond acceptors (Lipinski definition) is 5. The number of aromatic amines is 1. The Bertz CT molecular complexity index is 619. The molecule has 7 nitrogen and oxygen atoms in total. The van der Waals surface area contributed by atoms with E-state index in [2.05, 4.69) is 27.2 Å². The lowest BCUT2D eigenvalue weighted by Crippen LogP contribution is -2.22. The molecule has 2 aromatic rings. The van der Waals surface area contributed by atoms with Crippen LogP contribution in [0.15, 0.2) is 34.0 Å². The van der Waals surface area contributed by atoms with Gasteiger partial charge in [0.1, 0.15) is 5.76 Å². The zero-order valence-corrected chi connectivity index (χ0v) is 12.0. The van der Waals surface area contributed by atoms with Gasteiger partial charge in [-0.05, 0) is 25.1 Å². The van der Waals surface area contributed by atoms with Crippen molar-refractivity contribution >= 4 is 10.0 Å². The monoisotopic (exact) mass is 298 g/mol. The molecule has 8 heteroatoms. The van der Waals surface area contributed by atoms with Crippen molar-refractivity contribution in [1.82, 2.24) is 20.2 Å². The van der Waals surface area contributed by atoms with Crippen molar-refractivity contribution in [2.75, 3.05) is 6.54 Å². The van der Waals surface area contributed by atoms with E-state index in [1.807, 2.05) is 0 Å². The molecule has 0 amide bonds. The summed E-state index contributed by atoms with van der Waals surface area (Å²) >= 11 is 0. The van der Waals surface area contributed by atoms with E-state index < -0.39 is 10.0 Å². The first-order valence-electron chi connectivity index (χ1n) is 6.38. The topological polar surface area (TPSA) is 100 Å². The number of sulfonamides is 1. The minimum Gasteiger partial charge on any atom is -0.447 e. The predicted molar refractivity (Wildman–Crippen MR) is 73.3 cm³/mol. The zero-order valence-electron chi connectivity index (χ0n) is 11.2. The van der Waals surface area contributed by atoms with E-state index in [-0.39, 0.29) is 11.6 Å². The Morgan fingerprint density at radius 3 is 2.90 bits per heavy atom. The fourth-order valence-corrected chi connectivity index (χ4v) is 2.57. The SMILES string of the molecule is CCCNCc1ccc(S(=O)(=O)NCc2cn[nH]c2)o1. The van der Waals surface area contributed by atoms with Gasteiger partial charge < -0.3 is 9.73 Å². The van der Waals surface area contributed by atoms with Crippen LogP contribution >= 0.6 is 0 Å². The Kier molecular flexibility index (Phi) is 4.94. The fraction of sp³-hybridized carbons (Fsp3) is 0.417. The van der Waals surface area contributed by atoms with Crippen LogP contribution in [0, 0.1) is 0 Å². The van der Waals surface area contributed by atoms with Crippen LogP contribution in [0.25, 0.3) is 0 Å². The summed E-state index contributed by atoms with van der Waals surface area (Å²) in [5.41, 5.74) is 0.755. The Morgan fingerprint density at radius 1 is 1.35 bits per heavy atom. The lowest BCUT2D eigenvalue weighted by molar-refractivity contribution is 0.400. The fourth-order valence-electron chi connectivity index (χ4n) is 1.61. The van der Waals surface area contributed by atoms with E-state index in [1.54, 1.807) is 18.5 Å². The molecule has 2 rings (SSSR count). The van der Waals surface area contributed by atoms with Gasteiger partial charge in [-0.3, -0.25) is 5.10 Å². The summed E-state index contributed by atoms with van der Waals surface area (Å²) in [7, 11) is -3.63. The first-order valence-corrected chi connectivity index (χ1v) is 7.87. The number of H-pyrrole nitrogens is 1. The third-order valence-electron chi connectivity index (χ3n) is 2.65. The summed E-state index contributed by atoms with van der Waals surface area (Å²) in [6, 6.07) is 3.12. The second kappa shape index (κ2) is 6.69. The molecule has 2 aromatic heterocycles. The quantitative estimate of drug-likeness (QED) is 0.631. The van der Waals surface area contributed by atoms with Gasteiger partial charge in [-0.1, -0.05) is 6.92 Å². The molecule has 0 aliphatic rings. The Hall–Kier alpha value is -1.64. The highest BCUT2D eigenvalue weighted by atomic mass is 32.2. The van der Waals surface area contributed by atoms with Gasteiger partial charge in [-0.15, -0.1) is 0 Å². The van der Waals surface area contributed by atoms with Crippen molar-refractivity contribution < 1.29 is 12.8 Å². The van der Waals surface area contributed by atoms with Crippen LogP contribution in [-0.2, 0) is 23.1 Å². The van der Waals surface area contributed by atoms with Crippen LogP contribution in [0.4, 0.5) is 0 Å². The van der Waals surface area contributed by atoms with Crippen molar-refractivity contribution in [3.63, 3.8) is 0 Å². The first-order chi connectivity index (χ1) is 9.62. The lowest BCUT2D eigenvalue weighted by atomic mass is 10.4. The number of rotatable bonds is 8. The summed E-state index contributed by atoms with van der Waals surface area (Å²) in [6.07, 6.45) is 4.20. The number of hydrogen-bond donors (Lipinski definition) is 3. The molecule has 0 saturated heterocycles. The van der Waals surface area contributed by atoms with E-state index in [4.69, 9.17) is 4.42 Å². The molecule has 0 aromatic carbocycles. The van der Waals surface area contributed by atoms with Gasteiger partial charge in [0.25, 0.3) is 10.0 Å². The van der Waals surface area contributed by atoms with Crippen LogP contribution < -0.4 is 10.0 Å². The van der Waals surface area contributed by atoms with Crippen molar-refractivity contribution in [1.29, 1.82) is 0 Å². The van der Waals surface area contributed by atoms with Crippen LogP contribution in [0.1, 0.15) is 24.7 Å². The van der Waals surface area contributed by atoms with Gasteiger partial charge in [0.2, 0.25) is 5.09 Å². The highest BCUT2D eigenvalue weighted by Gasteiger charge is 2.18. The number of nitrogens with one attached hydrogen (secondary N) is 3. The predicted octanol–water partition coefficient (Wildman–Crippen LogP) is 0.981. The largest absolute Gasteiger partial charge is 0.447 e. The lowest BCUT2D eigenvalue weighted by Gasteiger charge is -2.02. The Balaban J connectivity index is 1.95. The van der Waals surface area contributed by atoms with Crippen molar-refractivity contribution in [2.24, 2.45) is 0 Å². The molecule has 0 aliphatic heterocycles. The Labute approximate surface area is 117 Å². The van der Waals surface area contributed by atoms with E-state index in [1.165, 1.54) is 6.07 Å². The first kappa shape index (κ1) is 14.8. The van der Waals surface area contributed by atoms with E-state index in [0.29, 0.717) is 12.3 Å². The molecular formula is C12H18N4O3S. The van der Waals surface area contributed by atoms with Crippen LogP contribution in [-0.4, -0.2) is 25.2 Å². The van der Waals surface area contributed by atoms with Crippen molar-refractivity contribution in [2.45, 2.75) is 31.5 Å². The van der Waals surface area contributed by atoms with Crippen molar-refractivity contribution in [3.05, 3.63) is 35.9 Å². The standard InChI is InChI=1S/C12H18N4O3S/c1-2-5-13-9-11-3-4-12(19-11)20(17,18)16-8-10-6-14-15-7-10/h3-4,6-7,13,16H,2,5,8-9H2,1H3,(H,14,15). The average Bonchev–Trinajstić information content (AvgIpc) is 3.08. The van der Waals surface area contributed by atoms with Gasteiger partial charge in [0.15, 0.2) is 0 Å². The molecule has 0 aliphatic carbocycles. The summed E-state index contributed by atoms with van der Waals surface area (Å²) < 4.78 is 31.8. The second-order valence-electron chi connectivity index (χ2n) is 4.33. The molecular weight excluding hydrogens is 280 g/mol. The average molecular weight is 298 g/mol. The van der Waals surface area contributed by atoms with Crippen LogP contribution in [0.5, 0.6) is 0 Å². The molecule has 0 fully saturated rings. The van der Waals surface area contributed by atoms with E-state index >= 15 is 0 Å².